The number of carbonyl (C=O) groups is 1. The summed E-state index contributed by atoms with van der Waals surface area (Å²) in [6, 6.07) is 8.66. The molecule has 29 heavy (non-hydrogen) atoms. The lowest BCUT2D eigenvalue weighted by Crippen LogP contribution is -2.36. The fourth-order valence-corrected chi connectivity index (χ4v) is 3.77. The van der Waals surface area contributed by atoms with Crippen molar-refractivity contribution >= 4 is 16.7 Å². The lowest BCUT2D eigenvalue weighted by atomic mass is 10.0. The number of likely N-dealkylation sites (tertiary alicyclic amines) is 1. The van der Waals surface area contributed by atoms with Gasteiger partial charge in [-0.3, -0.25) is 14.2 Å². The number of piperidine rings is 1. The summed E-state index contributed by atoms with van der Waals surface area (Å²) in [5, 5.41) is 0.937. The van der Waals surface area contributed by atoms with Crippen LogP contribution in [-0.2, 0) is 0 Å². The highest BCUT2D eigenvalue weighted by molar-refractivity contribution is 6.07. The summed E-state index contributed by atoms with van der Waals surface area (Å²) in [5.74, 6) is 1.28. The molecule has 4 rings (SSSR count). The Morgan fingerprint density at radius 1 is 1.00 bits per heavy atom. The predicted molar refractivity (Wildman–Crippen MR) is 110 cm³/mol. The molecule has 0 spiro atoms. The number of fused-ring (bicyclic) bond motifs is 1. The first-order valence-electron chi connectivity index (χ1n) is 9.66. The van der Waals surface area contributed by atoms with Crippen molar-refractivity contribution < 1.29 is 14.3 Å². The molecule has 0 N–H and O–H groups in total. The molecule has 1 aliphatic rings. The van der Waals surface area contributed by atoms with Gasteiger partial charge in [-0.05, 0) is 43.5 Å². The molecule has 0 atom stereocenters. The molecule has 3 aromatic rings. The van der Waals surface area contributed by atoms with Crippen LogP contribution in [0.5, 0.6) is 11.5 Å². The Bertz CT molecular complexity index is 1100. The summed E-state index contributed by atoms with van der Waals surface area (Å²) in [6.45, 7) is 1.44. The minimum absolute atomic E-state index is 0.0911. The molecule has 1 aromatic carbocycles. The molecule has 0 saturated carbocycles. The molecule has 7 heteroatoms. The summed E-state index contributed by atoms with van der Waals surface area (Å²) in [4.78, 5) is 32.8. The van der Waals surface area contributed by atoms with E-state index < -0.39 is 0 Å². The van der Waals surface area contributed by atoms with Crippen LogP contribution in [-0.4, -0.2) is 47.7 Å². The van der Waals surface area contributed by atoms with Crippen molar-refractivity contribution in [2.75, 3.05) is 27.3 Å². The SMILES string of the molecule is COc1cc2c(C(=O)N3CCCCC3)cn(-c3ccccn3)c(=O)c2cc1OC. The van der Waals surface area contributed by atoms with Gasteiger partial charge in [0.1, 0.15) is 5.82 Å². The van der Waals surface area contributed by atoms with Crippen LogP contribution in [0.3, 0.4) is 0 Å². The fraction of sp³-hybridized carbons (Fsp3) is 0.318. The van der Waals surface area contributed by atoms with Gasteiger partial charge in [0.25, 0.3) is 11.5 Å². The van der Waals surface area contributed by atoms with Gasteiger partial charge in [-0.25, -0.2) is 4.98 Å². The summed E-state index contributed by atoms with van der Waals surface area (Å²) in [7, 11) is 3.05. The van der Waals surface area contributed by atoms with E-state index in [4.69, 9.17) is 9.47 Å². The molecule has 0 aliphatic carbocycles. The lowest BCUT2D eigenvalue weighted by Gasteiger charge is -2.27. The third kappa shape index (κ3) is 3.44. The minimum atomic E-state index is -0.269. The molecule has 1 fully saturated rings. The van der Waals surface area contributed by atoms with Gasteiger partial charge in [0.05, 0.1) is 25.2 Å². The third-order valence-electron chi connectivity index (χ3n) is 5.29. The van der Waals surface area contributed by atoms with Crippen LogP contribution in [0, 0.1) is 0 Å². The Labute approximate surface area is 168 Å². The normalized spacial score (nSPS) is 14.1. The van der Waals surface area contributed by atoms with E-state index in [1.807, 2.05) is 4.90 Å². The number of rotatable bonds is 4. The average molecular weight is 393 g/mol. The second-order valence-electron chi connectivity index (χ2n) is 7.01. The molecule has 150 valence electrons. The Kier molecular flexibility index (Phi) is 5.20. The van der Waals surface area contributed by atoms with Crippen LogP contribution in [0.15, 0.2) is 47.5 Å². The number of hydrogen-bond acceptors (Lipinski definition) is 5. The van der Waals surface area contributed by atoms with Crippen LogP contribution >= 0.6 is 0 Å². The van der Waals surface area contributed by atoms with Crippen molar-refractivity contribution in [3.63, 3.8) is 0 Å². The van der Waals surface area contributed by atoms with Crippen molar-refractivity contribution in [1.82, 2.24) is 14.5 Å². The number of carbonyl (C=O) groups excluding carboxylic acids is 1. The van der Waals surface area contributed by atoms with Crippen molar-refractivity contribution in [1.29, 1.82) is 0 Å². The molecule has 2 aromatic heterocycles. The molecule has 1 saturated heterocycles. The zero-order chi connectivity index (χ0) is 20.4. The Hall–Kier alpha value is -3.35. The monoisotopic (exact) mass is 393 g/mol. The maximum absolute atomic E-state index is 13.4. The minimum Gasteiger partial charge on any atom is -0.493 e. The first-order chi connectivity index (χ1) is 14.1. The van der Waals surface area contributed by atoms with E-state index in [0.29, 0.717) is 33.7 Å². The molecule has 0 unspecified atom stereocenters. The van der Waals surface area contributed by atoms with Crippen molar-refractivity contribution in [2.45, 2.75) is 19.3 Å². The van der Waals surface area contributed by atoms with Gasteiger partial charge < -0.3 is 14.4 Å². The van der Waals surface area contributed by atoms with Crippen LogP contribution in [0.25, 0.3) is 16.6 Å². The van der Waals surface area contributed by atoms with E-state index in [1.165, 1.54) is 18.8 Å². The molecule has 1 aliphatic heterocycles. The van der Waals surface area contributed by atoms with E-state index in [9.17, 15) is 9.59 Å². The number of amides is 1. The Morgan fingerprint density at radius 2 is 1.69 bits per heavy atom. The van der Waals surface area contributed by atoms with Gasteiger partial charge in [0, 0.05) is 30.9 Å². The van der Waals surface area contributed by atoms with E-state index in [0.717, 1.165) is 32.4 Å². The Morgan fingerprint density at radius 3 is 2.31 bits per heavy atom. The largest absolute Gasteiger partial charge is 0.493 e. The highest BCUT2D eigenvalue weighted by Crippen LogP contribution is 2.33. The number of benzene rings is 1. The number of nitrogens with zero attached hydrogens (tertiary/aromatic N) is 3. The van der Waals surface area contributed by atoms with Crippen LogP contribution in [0.4, 0.5) is 0 Å². The maximum atomic E-state index is 13.4. The smallest absolute Gasteiger partial charge is 0.264 e. The van der Waals surface area contributed by atoms with Crippen molar-refractivity contribution in [3.8, 4) is 17.3 Å². The van der Waals surface area contributed by atoms with Gasteiger partial charge in [-0.1, -0.05) is 6.07 Å². The fourth-order valence-electron chi connectivity index (χ4n) is 3.77. The van der Waals surface area contributed by atoms with E-state index >= 15 is 0 Å². The topological polar surface area (TPSA) is 73.7 Å². The third-order valence-corrected chi connectivity index (χ3v) is 5.29. The van der Waals surface area contributed by atoms with Crippen molar-refractivity contribution in [2.24, 2.45) is 0 Å². The summed E-state index contributed by atoms with van der Waals surface area (Å²) < 4.78 is 12.2. The standard InChI is InChI=1S/C22H23N3O4/c1-28-18-12-15-16(13-19(18)29-2)22(27)25(20-8-4-5-9-23-20)14-17(15)21(26)24-10-6-3-7-11-24/h4-5,8-9,12-14H,3,6-7,10-11H2,1-2H3. The second kappa shape index (κ2) is 7.95. The van der Waals surface area contributed by atoms with E-state index in [-0.39, 0.29) is 11.5 Å². The first kappa shape index (κ1) is 19.0. The predicted octanol–water partition coefficient (Wildman–Crippen LogP) is 3.03. The van der Waals surface area contributed by atoms with Crippen LogP contribution in [0.1, 0.15) is 29.6 Å². The first-order valence-corrected chi connectivity index (χ1v) is 9.66. The zero-order valence-corrected chi connectivity index (χ0v) is 16.6. The molecule has 3 heterocycles. The molecular weight excluding hydrogens is 370 g/mol. The molecule has 1 amide bonds. The van der Waals surface area contributed by atoms with Gasteiger partial charge in [-0.15, -0.1) is 0 Å². The number of pyridine rings is 2. The van der Waals surface area contributed by atoms with Crippen LogP contribution in [0.2, 0.25) is 0 Å². The maximum Gasteiger partial charge on any atom is 0.264 e. The summed E-state index contributed by atoms with van der Waals surface area (Å²) >= 11 is 0. The van der Waals surface area contributed by atoms with Crippen molar-refractivity contribution in [3.05, 3.63) is 58.6 Å². The highest BCUT2D eigenvalue weighted by Gasteiger charge is 2.24. The van der Waals surface area contributed by atoms with Gasteiger partial charge in [0.15, 0.2) is 11.5 Å². The molecule has 0 bridgehead atoms. The van der Waals surface area contributed by atoms with Gasteiger partial charge in [-0.2, -0.15) is 0 Å². The molecular formula is C22H23N3O4. The Balaban J connectivity index is 1.99. The quantitative estimate of drug-likeness (QED) is 0.681. The van der Waals surface area contributed by atoms with Gasteiger partial charge in [0.2, 0.25) is 0 Å². The number of aromatic nitrogens is 2. The summed E-state index contributed by atoms with van der Waals surface area (Å²) in [5.41, 5.74) is 0.183. The number of ether oxygens (including phenoxy) is 2. The number of hydrogen-bond donors (Lipinski definition) is 0. The van der Waals surface area contributed by atoms with E-state index in [1.54, 1.807) is 42.7 Å². The lowest BCUT2D eigenvalue weighted by molar-refractivity contribution is 0.0725. The molecule has 7 nitrogen and oxygen atoms in total. The average Bonchev–Trinajstić information content (AvgIpc) is 2.79. The van der Waals surface area contributed by atoms with Crippen LogP contribution < -0.4 is 15.0 Å². The second-order valence-corrected chi connectivity index (χ2v) is 7.01. The summed E-state index contributed by atoms with van der Waals surface area (Å²) in [6.07, 6.45) is 6.31. The zero-order valence-electron chi connectivity index (χ0n) is 16.6. The van der Waals surface area contributed by atoms with E-state index in [2.05, 4.69) is 4.98 Å². The highest BCUT2D eigenvalue weighted by atomic mass is 16.5. The number of methoxy groups -OCH3 is 2. The molecule has 0 radical (unpaired) electrons. The van der Waals surface area contributed by atoms with Gasteiger partial charge >= 0.3 is 0 Å².